The lowest BCUT2D eigenvalue weighted by atomic mass is 9.90. The number of halogens is 1. The van der Waals surface area contributed by atoms with Crippen LogP contribution in [0.2, 0.25) is 5.02 Å². The fourth-order valence-corrected chi connectivity index (χ4v) is 3.10. The van der Waals surface area contributed by atoms with E-state index in [-0.39, 0.29) is 17.6 Å². The van der Waals surface area contributed by atoms with Gasteiger partial charge in [-0.3, -0.25) is 9.59 Å². The minimum atomic E-state index is -0.418. The van der Waals surface area contributed by atoms with E-state index in [1.165, 1.54) is 13.2 Å². The van der Waals surface area contributed by atoms with Crippen molar-refractivity contribution in [3.63, 3.8) is 0 Å². The van der Waals surface area contributed by atoms with Crippen LogP contribution in [-0.2, 0) is 14.3 Å². The van der Waals surface area contributed by atoms with E-state index < -0.39 is 5.97 Å². The van der Waals surface area contributed by atoms with Crippen molar-refractivity contribution in [2.45, 2.75) is 25.7 Å². The number of likely N-dealkylation sites (tertiary alicyclic amines) is 1. The molecule has 0 bridgehead atoms. The lowest BCUT2D eigenvalue weighted by Crippen LogP contribution is -2.40. The zero-order valence-corrected chi connectivity index (χ0v) is 15.0. The molecule has 1 aliphatic rings. The average molecular weight is 364 g/mol. The lowest BCUT2D eigenvalue weighted by Gasteiger charge is -2.31. The third-order valence-electron chi connectivity index (χ3n) is 4.35. The van der Waals surface area contributed by atoms with Gasteiger partial charge in [0.15, 0.2) is 0 Å². The number of carbonyl (C=O) groups excluding carboxylic acids is 3. The largest absolute Gasteiger partial charge is 0.466 e. The molecule has 0 spiro atoms. The fourth-order valence-electron chi connectivity index (χ4n) is 2.89. The van der Waals surface area contributed by atoms with Crippen molar-refractivity contribution in [2.24, 2.45) is 5.92 Å². The van der Waals surface area contributed by atoms with Gasteiger partial charge in [-0.25, -0.2) is 4.79 Å². The monoisotopic (exact) mass is 363 g/mol. The van der Waals surface area contributed by atoms with Gasteiger partial charge >= 0.3 is 5.97 Å². The summed E-state index contributed by atoms with van der Waals surface area (Å²) in [6.45, 7) is 1.11. The molecule has 134 valence electrons. The second-order valence-corrected chi connectivity index (χ2v) is 6.38. The number of rotatable bonds is 6. The van der Waals surface area contributed by atoms with Crippen LogP contribution in [0.3, 0.4) is 0 Å². The number of amides is 1. The molecule has 2 rings (SSSR count). The number of esters is 1. The Labute approximate surface area is 152 Å². The minimum Gasteiger partial charge on any atom is -0.466 e. The minimum absolute atomic E-state index is 0.0261. The molecule has 0 atom stereocenters. The number of piperidine rings is 1. The molecule has 0 N–H and O–H groups in total. The summed E-state index contributed by atoms with van der Waals surface area (Å²) in [4.78, 5) is 37.5. The zero-order chi connectivity index (χ0) is 18.2. The maximum absolute atomic E-state index is 12.5. The quantitative estimate of drug-likeness (QED) is 0.574. The topological polar surface area (TPSA) is 63.7 Å². The highest BCUT2D eigenvalue weighted by molar-refractivity contribution is 6.33. The molecule has 0 aliphatic carbocycles. The normalized spacial score (nSPS) is 15.4. The number of nitrogens with zero attached hydrogens (tertiary/aromatic N) is 1. The maximum Gasteiger partial charge on any atom is 0.330 e. The molecular weight excluding hydrogens is 342 g/mol. The van der Waals surface area contributed by atoms with Gasteiger partial charge in [-0.05, 0) is 31.4 Å². The predicted molar refractivity (Wildman–Crippen MR) is 95.5 cm³/mol. The van der Waals surface area contributed by atoms with Gasteiger partial charge in [0.25, 0.3) is 5.91 Å². The summed E-state index contributed by atoms with van der Waals surface area (Å²) in [6, 6.07) is 7.00. The van der Waals surface area contributed by atoms with Crippen molar-refractivity contribution in [1.29, 1.82) is 0 Å². The van der Waals surface area contributed by atoms with E-state index in [4.69, 9.17) is 11.6 Å². The van der Waals surface area contributed by atoms with Crippen molar-refractivity contribution in [3.05, 3.63) is 47.0 Å². The van der Waals surface area contributed by atoms with E-state index in [9.17, 15) is 14.4 Å². The second kappa shape index (κ2) is 9.37. The Kier molecular flexibility index (Phi) is 7.19. The molecule has 1 aliphatic heterocycles. The lowest BCUT2D eigenvalue weighted by molar-refractivity contribution is -0.134. The Hall–Kier alpha value is -2.14. The van der Waals surface area contributed by atoms with E-state index in [0.29, 0.717) is 49.4 Å². The molecule has 0 aromatic heterocycles. The SMILES string of the molecule is COC(=O)/C=C/CCC(=O)C1CCN(C(=O)c2ccccc2Cl)CC1. The summed E-state index contributed by atoms with van der Waals surface area (Å²) in [6.07, 6.45) is 5.23. The fraction of sp³-hybridized carbons (Fsp3) is 0.421. The third-order valence-corrected chi connectivity index (χ3v) is 4.68. The number of methoxy groups -OCH3 is 1. The maximum atomic E-state index is 12.5. The predicted octanol–water partition coefficient (Wildman–Crippen LogP) is 3.27. The molecule has 1 fully saturated rings. The number of benzene rings is 1. The first-order valence-electron chi connectivity index (χ1n) is 8.34. The Morgan fingerprint density at radius 2 is 1.92 bits per heavy atom. The molecule has 5 nitrogen and oxygen atoms in total. The summed E-state index contributed by atoms with van der Waals surface area (Å²) in [5.74, 6) is -0.350. The molecule has 0 radical (unpaired) electrons. The Bertz CT molecular complexity index is 663. The van der Waals surface area contributed by atoms with Crippen LogP contribution in [0.1, 0.15) is 36.0 Å². The highest BCUT2D eigenvalue weighted by atomic mass is 35.5. The number of hydrogen-bond acceptors (Lipinski definition) is 4. The summed E-state index contributed by atoms with van der Waals surface area (Å²) in [5, 5.41) is 0.447. The molecule has 0 unspecified atom stereocenters. The Morgan fingerprint density at radius 3 is 2.56 bits per heavy atom. The number of ether oxygens (including phenoxy) is 1. The van der Waals surface area contributed by atoms with E-state index in [1.807, 2.05) is 0 Å². The van der Waals surface area contributed by atoms with Crippen LogP contribution in [0.25, 0.3) is 0 Å². The van der Waals surface area contributed by atoms with Crippen molar-refractivity contribution in [1.82, 2.24) is 4.90 Å². The van der Waals surface area contributed by atoms with Gasteiger partial charge in [0.1, 0.15) is 5.78 Å². The van der Waals surface area contributed by atoms with Gasteiger partial charge < -0.3 is 9.64 Å². The van der Waals surface area contributed by atoms with Crippen LogP contribution < -0.4 is 0 Å². The number of ketones is 1. The van der Waals surface area contributed by atoms with E-state index in [2.05, 4.69) is 4.74 Å². The first-order valence-corrected chi connectivity index (χ1v) is 8.71. The summed E-state index contributed by atoms with van der Waals surface area (Å²) >= 11 is 6.08. The van der Waals surface area contributed by atoms with E-state index in [1.54, 1.807) is 35.2 Å². The highest BCUT2D eigenvalue weighted by Gasteiger charge is 2.27. The molecule has 1 aromatic rings. The number of allylic oxidation sites excluding steroid dienone is 1. The third kappa shape index (κ3) is 5.43. The van der Waals surface area contributed by atoms with E-state index >= 15 is 0 Å². The molecule has 1 aromatic carbocycles. The first kappa shape index (κ1) is 19.2. The van der Waals surface area contributed by atoms with Gasteiger partial charge in [0, 0.05) is 31.5 Å². The summed E-state index contributed by atoms with van der Waals surface area (Å²) in [5.41, 5.74) is 0.502. The zero-order valence-electron chi connectivity index (χ0n) is 14.2. The Balaban J connectivity index is 1.80. The second-order valence-electron chi connectivity index (χ2n) is 5.98. The van der Waals surface area contributed by atoms with Crippen molar-refractivity contribution >= 4 is 29.3 Å². The average Bonchev–Trinajstić information content (AvgIpc) is 2.64. The van der Waals surface area contributed by atoms with Gasteiger partial charge in [-0.15, -0.1) is 0 Å². The first-order chi connectivity index (χ1) is 12.0. The van der Waals surface area contributed by atoms with Crippen LogP contribution in [0.5, 0.6) is 0 Å². The summed E-state index contributed by atoms with van der Waals surface area (Å²) in [7, 11) is 1.32. The van der Waals surface area contributed by atoms with Crippen LogP contribution >= 0.6 is 11.6 Å². The molecular formula is C19H22ClNO4. The van der Waals surface area contributed by atoms with Gasteiger partial charge in [0.2, 0.25) is 0 Å². The summed E-state index contributed by atoms with van der Waals surface area (Å²) < 4.78 is 4.50. The van der Waals surface area contributed by atoms with Gasteiger partial charge in [-0.2, -0.15) is 0 Å². The van der Waals surface area contributed by atoms with Crippen LogP contribution in [-0.4, -0.2) is 42.8 Å². The van der Waals surface area contributed by atoms with E-state index in [0.717, 1.165) is 0 Å². The standard InChI is InChI=1S/C19H22ClNO4/c1-25-18(23)9-5-4-8-17(22)14-10-12-21(13-11-14)19(24)15-6-2-3-7-16(15)20/h2-3,5-7,9,14H,4,8,10-13H2,1H3/b9-5+. The number of hydrogen-bond donors (Lipinski definition) is 0. The molecule has 6 heteroatoms. The Morgan fingerprint density at radius 1 is 1.24 bits per heavy atom. The van der Waals surface area contributed by atoms with Crippen LogP contribution in [0.4, 0.5) is 0 Å². The molecule has 1 saturated heterocycles. The van der Waals surface area contributed by atoms with Crippen LogP contribution in [0, 0.1) is 5.92 Å². The number of Topliss-reactive ketones (excluding diaryl/α,β-unsaturated/α-hetero) is 1. The van der Waals surface area contributed by atoms with Crippen molar-refractivity contribution < 1.29 is 19.1 Å². The van der Waals surface area contributed by atoms with Crippen molar-refractivity contribution in [3.8, 4) is 0 Å². The van der Waals surface area contributed by atoms with Crippen molar-refractivity contribution in [2.75, 3.05) is 20.2 Å². The number of carbonyl (C=O) groups is 3. The van der Waals surface area contributed by atoms with Gasteiger partial charge in [-0.1, -0.05) is 29.8 Å². The molecule has 0 saturated carbocycles. The molecule has 25 heavy (non-hydrogen) atoms. The molecule has 1 amide bonds. The smallest absolute Gasteiger partial charge is 0.330 e. The highest BCUT2D eigenvalue weighted by Crippen LogP contribution is 2.23. The van der Waals surface area contributed by atoms with Gasteiger partial charge in [0.05, 0.1) is 17.7 Å². The molecule has 1 heterocycles. The van der Waals surface area contributed by atoms with Crippen LogP contribution in [0.15, 0.2) is 36.4 Å².